The van der Waals surface area contributed by atoms with Crippen LogP contribution in [0.15, 0.2) is 18.2 Å². The predicted molar refractivity (Wildman–Crippen MR) is 71.4 cm³/mol. The second kappa shape index (κ2) is 5.65. The lowest BCUT2D eigenvalue weighted by Crippen LogP contribution is -2.35. The Balaban J connectivity index is 2.06. The first-order valence-electron chi connectivity index (χ1n) is 6.51. The molecule has 2 nitrogen and oxygen atoms in total. The van der Waals surface area contributed by atoms with Crippen molar-refractivity contribution in [2.45, 2.75) is 32.7 Å². The third kappa shape index (κ3) is 3.30. The van der Waals surface area contributed by atoms with Gasteiger partial charge in [-0.15, -0.1) is 0 Å². The summed E-state index contributed by atoms with van der Waals surface area (Å²) in [7, 11) is 2.06. The van der Waals surface area contributed by atoms with Gasteiger partial charge in [0.1, 0.15) is 0 Å². The normalized spacial score (nSPS) is 21.7. The number of aryl methyl sites for hydroxylation is 2. The quantitative estimate of drug-likeness (QED) is 0.862. The van der Waals surface area contributed by atoms with Gasteiger partial charge in [-0.25, -0.2) is 0 Å². The predicted octanol–water partition coefficient (Wildman–Crippen LogP) is 2.47. The summed E-state index contributed by atoms with van der Waals surface area (Å²) >= 11 is 0. The average molecular weight is 233 g/mol. The highest BCUT2D eigenvalue weighted by Gasteiger charge is 2.24. The first-order valence-corrected chi connectivity index (χ1v) is 6.51. The zero-order valence-electron chi connectivity index (χ0n) is 11.1. The van der Waals surface area contributed by atoms with Gasteiger partial charge in [0.2, 0.25) is 0 Å². The molecule has 0 aromatic heterocycles. The highest BCUT2D eigenvalue weighted by molar-refractivity contribution is 5.29. The minimum atomic E-state index is 0.540. The summed E-state index contributed by atoms with van der Waals surface area (Å²) in [6.07, 6.45) is 2.29. The van der Waals surface area contributed by atoms with Crippen LogP contribution in [-0.4, -0.2) is 26.3 Å². The largest absolute Gasteiger partial charge is 0.381 e. The first-order chi connectivity index (χ1) is 8.19. The molecule has 1 N–H and O–H groups in total. The Morgan fingerprint density at radius 2 is 2.00 bits per heavy atom. The highest BCUT2D eigenvalue weighted by atomic mass is 16.5. The molecule has 0 radical (unpaired) electrons. The van der Waals surface area contributed by atoms with Crippen molar-refractivity contribution in [1.82, 2.24) is 5.32 Å². The van der Waals surface area contributed by atoms with Crippen LogP contribution in [0.1, 0.15) is 23.1 Å². The van der Waals surface area contributed by atoms with Gasteiger partial charge in [-0.05, 0) is 39.3 Å². The van der Waals surface area contributed by atoms with Gasteiger partial charge in [-0.1, -0.05) is 29.3 Å². The van der Waals surface area contributed by atoms with Crippen molar-refractivity contribution in [3.05, 3.63) is 34.9 Å². The third-order valence-corrected chi connectivity index (χ3v) is 3.64. The zero-order valence-corrected chi connectivity index (χ0v) is 11.1. The maximum Gasteiger partial charge on any atom is 0.0510 e. The van der Waals surface area contributed by atoms with Crippen LogP contribution in [0.3, 0.4) is 0 Å². The van der Waals surface area contributed by atoms with E-state index in [0.717, 1.165) is 19.6 Å². The molecule has 17 heavy (non-hydrogen) atoms. The summed E-state index contributed by atoms with van der Waals surface area (Å²) in [6, 6.07) is 7.37. The standard InChI is InChI=1S/C15H23NO/c1-11-6-12(2)8-13(7-11)9-15(16-3)14-4-5-17-10-14/h6-8,14-16H,4-5,9-10H2,1-3H3. The molecule has 1 heterocycles. The average Bonchev–Trinajstić information content (AvgIpc) is 2.77. The molecule has 2 rings (SSSR count). The van der Waals surface area contributed by atoms with Crippen molar-refractivity contribution < 1.29 is 4.74 Å². The minimum Gasteiger partial charge on any atom is -0.381 e. The van der Waals surface area contributed by atoms with E-state index in [0.29, 0.717) is 12.0 Å². The molecule has 94 valence electrons. The Morgan fingerprint density at radius 3 is 2.53 bits per heavy atom. The molecule has 0 aliphatic carbocycles. The van der Waals surface area contributed by atoms with Crippen LogP contribution in [-0.2, 0) is 11.2 Å². The van der Waals surface area contributed by atoms with Gasteiger partial charge < -0.3 is 10.1 Å². The Bertz CT molecular complexity index is 349. The molecule has 1 aromatic carbocycles. The van der Waals surface area contributed by atoms with Crippen molar-refractivity contribution in [2.24, 2.45) is 5.92 Å². The van der Waals surface area contributed by atoms with Crippen LogP contribution >= 0.6 is 0 Å². The fourth-order valence-corrected chi connectivity index (χ4v) is 2.82. The van der Waals surface area contributed by atoms with E-state index in [2.05, 4.69) is 44.4 Å². The topological polar surface area (TPSA) is 21.3 Å². The molecule has 0 bridgehead atoms. The molecule has 1 aliphatic rings. The summed E-state index contributed by atoms with van der Waals surface area (Å²) < 4.78 is 5.49. The fourth-order valence-electron chi connectivity index (χ4n) is 2.82. The summed E-state index contributed by atoms with van der Waals surface area (Å²) in [6.45, 7) is 6.18. The van der Waals surface area contributed by atoms with Crippen molar-refractivity contribution in [3.8, 4) is 0 Å². The molecule has 2 heteroatoms. The number of rotatable bonds is 4. The highest BCUT2D eigenvalue weighted by Crippen LogP contribution is 2.20. The lowest BCUT2D eigenvalue weighted by atomic mass is 9.92. The van der Waals surface area contributed by atoms with Crippen LogP contribution in [0.2, 0.25) is 0 Å². The minimum absolute atomic E-state index is 0.540. The molecule has 0 spiro atoms. The Hall–Kier alpha value is -0.860. The molecule has 2 unspecified atom stereocenters. The number of nitrogens with one attached hydrogen (secondary N) is 1. The number of benzene rings is 1. The molecule has 1 fully saturated rings. The van der Waals surface area contributed by atoms with E-state index in [4.69, 9.17) is 4.74 Å². The fraction of sp³-hybridized carbons (Fsp3) is 0.600. The molecule has 0 saturated carbocycles. The number of likely N-dealkylation sites (N-methyl/N-ethyl adjacent to an activating group) is 1. The van der Waals surface area contributed by atoms with E-state index in [1.165, 1.54) is 23.1 Å². The number of ether oxygens (including phenoxy) is 1. The first kappa shape index (κ1) is 12.6. The van der Waals surface area contributed by atoms with Crippen LogP contribution in [0.4, 0.5) is 0 Å². The van der Waals surface area contributed by atoms with Gasteiger partial charge in [-0.3, -0.25) is 0 Å². The second-order valence-electron chi connectivity index (χ2n) is 5.22. The molecule has 1 aliphatic heterocycles. The van der Waals surface area contributed by atoms with E-state index in [1.807, 2.05) is 0 Å². The lowest BCUT2D eigenvalue weighted by Gasteiger charge is -2.22. The number of hydrogen-bond acceptors (Lipinski definition) is 2. The van der Waals surface area contributed by atoms with Crippen molar-refractivity contribution in [1.29, 1.82) is 0 Å². The maximum atomic E-state index is 5.49. The van der Waals surface area contributed by atoms with Gasteiger partial charge in [-0.2, -0.15) is 0 Å². The second-order valence-corrected chi connectivity index (χ2v) is 5.22. The maximum absolute atomic E-state index is 5.49. The number of hydrogen-bond donors (Lipinski definition) is 1. The van der Waals surface area contributed by atoms with Crippen LogP contribution in [0, 0.1) is 19.8 Å². The van der Waals surface area contributed by atoms with Crippen molar-refractivity contribution >= 4 is 0 Å². The molecule has 2 atom stereocenters. The van der Waals surface area contributed by atoms with E-state index in [1.54, 1.807) is 0 Å². The smallest absolute Gasteiger partial charge is 0.0510 e. The van der Waals surface area contributed by atoms with Gasteiger partial charge >= 0.3 is 0 Å². The van der Waals surface area contributed by atoms with Crippen LogP contribution in [0.25, 0.3) is 0 Å². The Labute approximate surface area is 104 Å². The Morgan fingerprint density at radius 1 is 1.29 bits per heavy atom. The summed E-state index contributed by atoms with van der Waals surface area (Å²) in [5.74, 6) is 0.667. The monoisotopic (exact) mass is 233 g/mol. The molecule has 1 saturated heterocycles. The lowest BCUT2D eigenvalue weighted by molar-refractivity contribution is 0.177. The van der Waals surface area contributed by atoms with E-state index < -0.39 is 0 Å². The van der Waals surface area contributed by atoms with E-state index in [9.17, 15) is 0 Å². The Kier molecular flexibility index (Phi) is 4.19. The summed E-state index contributed by atoms with van der Waals surface area (Å²) in [4.78, 5) is 0. The van der Waals surface area contributed by atoms with Crippen LogP contribution in [0.5, 0.6) is 0 Å². The van der Waals surface area contributed by atoms with Crippen molar-refractivity contribution in [2.75, 3.05) is 20.3 Å². The molecule has 1 aromatic rings. The van der Waals surface area contributed by atoms with Gasteiger partial charge in [0.15, 0.2) is 0 Å². The van der Waals surface area contributed by atoms with Gasteiger partial charge in [0.25, 0.3) is 0 Å². The van der Waals surface area contributed by atoms with Crippen molar-refractivity contribution in [3.63, 3.8) is 0 Å². The summed E-state index contributed by atoms with van der Waals surface area (Å²) in [5.41, 5.74) is 4.16. The van der Waals surface area contributed by atoms with Crippen LogP contribution < -0.4 is 5.32 Å². The van der Waals surface area contributed by atoms with Gasteiger partial charge in [0, 0.05) is 18.6 Å². The van der Waals surface area contributed by atoms with E-state index in [-0.39, 0.29) is 0 Å². The molecular weight excluding hydrogens is 210 g/mol. The van der Waals surface area contributed by atoms with E-state index >= 15 is 0 Å². The zero-order chi connectivity index (χ0) is 12.3. The third-order valence-electron chi connectivity index (χ3n) is 3.64. The molecule has 0 amide bonds. The molecular formula is C15H23NO. The van der Waals surface area contributed by atoms with Gasteiger partial charge in [0.05, 0.1) is 6.61 Å². The SMILES string of the molecule is CNC(Cc1cc(C)cc(C)c1)C1CCOC1. The summed E-state index contributed by atoms with van der Waals surface area (Å²) in [5, 5.41) is 3.45.